The van der Waals surface area contributed by atoms with Crippen molar-refractivity contribution in [2.24, 2.45) is 0 Å². The molecule has 0 atom stereocenters. The molecule has 1 aromatic carbocycles. The fourth-order valence-corrected chi connectivity index (χ4v) is 1.03. The van der Waals surface area contributed by atoms with Crippen molar-refractivity contribution in [1.29, 1.82) is 0 Å². The van der Waals surface area contributed by atoms with Crippen LogP contribution in [0.15, 0.2) is 12.1 Å². The average molecular weight is 190 g/mol. The van der Waals surface area contributed by atoms with Gasteiger partial charge in [-0.1, -0.05) is 11.6 Å². The molecular formula is C7H5ClFNO2. The molecule has 0 bridgehead atoms. The van der Waals surface area contributed by atoms with Crippen molar-refractivity contribution >= 4 is 23.3 Å². The molecule has 12 heavy (non-hydrogen) atoms. The number of hydrogen-bond acceptors (Lipinski definition) is 2. The summed E-state index contributed by atoms with van der Waals surface area (Å²) in [6.07, 6.45) is 0. The van der Waals surface area contributed by atoms with Gasteiger partial charge in [0, 0.05) is 0 Å². The van der Waals surface area contributed by atoms with Gasteiger partial charge in [-0.15, -0.1) is 0 Å². The highest BCUT2D eigenvalue weighted by Crippen LogP contribution is 2.24. The van der Waals surface area contributed by atoms with Crippen LogP contribution in [0.3, 0.4) is 0 Å². The number of halogens is 2. The minimum Gasteiger partial charge on any atom is -0.478 e. The van der Waals surface area contributed by atoms with Crippen molar-refractivity contribution in [1.82, 2.24) is 0 Å². The lowest BCUT2D eigenvalue weighted by Gasteiger charge is -2.02. The Morgan fingerprint density at radius 3 is 2.58 bits per heavy atom. The van der Waals surface area contributed by atoms with E-state index in [2.05, 4.69) is 0 Å². The van der Waals surface area contributed by atoms with E-state index in [1.54, 1.807) is 0 Å². The van der Waals surface area contributed by atoms with Crippen LogP contribution < -0.4 is 5.73 Å². The summed E-state index contributed by atoms with van der Waals surface area (Å²) in [5, 5.41) is 8.47. The Morgan fingerprint density at radius 2 is 2.17 bits per heavy atom. The summed E-state index contributed by atoms with van der Waals surface area (Å²) in [4.78, 5) is 10.5. The van der Waals surface area contributed by atoms with E-state index >= 15 is 0 Å². The monoisotopic (exact) mass is 189 g/mol. The standard InChI is InChI=1S/C7H5ClFNO2/c8-3-1-2-4(9)6(10)5(3)7(11)12/h1-2H,10H2,(H,11,12). The number of hydrogen-bond donors (Lipinski definition) is 2. The smallest absolute Gasteiger partial charge is 0.339 e. The maximum Gasteiger partial charge on any atom is 0.339 e. The van der Waals surface area contributed by atoms with Gasteiger partial charge in [-0.05, 0) is 12.1 Å². The lowest BCUT2D eigenvalue weighted by Crippen LogP contribution is -2.05. The molecule has 0 spiro atoms. The van der Waals surface area contributed by atoms with E-state index in [1.165, 1.54) is 0 Å². The highest BCUT2D eigenvalue weighted by Gasteiger charge is 2.15. The molecule has 0 heterocycles. The van der Waals surface area contributed by atoms with Gasteiger partial charge in [0.1, 0.15) is 11.4 Å². The summed E-state index contributed by atoms with van der Waals surface area (Å²) in [6, 6.07) is 2.17. The zero-order chi connectivity index (χ0) is 9.30. The van der Waals surface area contributed by atoms with Crippen molar-refractivity contribution < 1.29 is 14.3 Å². The third-order valence-corrected chi connectivity index (χ3v) is 1.67. The number of nitrogens with two attached hydrogens (primary N) is 1. The molecule has 1 aromatic rings. The number of nitrogen functional groups attached to an aromatic ring is 1. The quantitative estimate of drug-likeness (QED) is 0.662. The third kappa shape index (κ3) is 1.33. The number of carboxylic acid groups (broad SMARTS) is 1. The maximum absolute atomic E-state index is 12.7. The zero-order valence-electron chi connectivity index (χ0n) is 5.84. The topological polar surface area (TPSA) is 63.3 Å². The summed E-state index contributed by atoms with van der Waals surface area (Å²) in [7, 11) is 0. The molecule has 0 aliphatic carbocycles. The van der Waals surface area contributed by atoms with Crippen molar-refractivity contribution in [3.8, 4) is 0 Å². The minimum absolute atomic E-state index is 0.0681. The van der Waals surface area contributed by atoms with Gasteiger partial charge in [-0.3, -0.25) is 0 Å². The third-order valence-electron chi connectivity index (χ3n) is 1.36. The molecule has 5 heteroatoms. The van der Waals surface area contributed by atoms with Crippen molar-refractivity contribution in [3.05, 3.63) is 28.5 Å². The SMILES string of the molecule is Nc1c(F)ccc(Cl)c1C(=O)O. The van der Waals surface area contributed by atoms with Crippen LogP contribution in [-0.4, -0.2) is 11.1 Å². The van der Waals surface area contributed by atoms with E-state index in [0.717, 1.165) is 12.1 Å². The molecule has 0 radical (unpaired) electrons. The summed E-state index contributed by atoms with van der Waals surface area (Å²) < 4.78 is 12.7. The van der Waals surface area contributed by atoms with Gasteiger partial charge in [-0.25, -0.2) is 9.18 Å². The van der Waals surface area contributed by atoms with E-state index in [1.807, 2.05) is 0 Å². The van der Waals surface area contributed by atoms with Crippen LogP contribution in [0.25, 0.3) is 0 Å². The minimum atomic E-state index is -1.34. The lowest BCUT2D eigenvalue weighted by molar-refractivity contribution is 0.0698. The number of aromatic carboxylic acids is 1. The molecule has 0 aromatic heterocycles. The Balaban J connectivity index is 3.43. The highest BCUT2D eigenvalue weighted by atomic mass is 35.5. The van der Waals surface area contributed by atoms with Crippen molar-refractivity contribution in [2.45, 2.75) is 0 Å². The fraction of sp³-hybridized carbons (Fsp3) is 0. The molecule has 0 aliphatic heterocycles. The molecule has 0 unspecified atom stereocenters. The first-order valence-corrected chi connectivity index (χ1v) is 3.38. The number of rotatable bonds is 1. The van der Waals surface area contributed by atoms with Gasteiger partial charge in [0.15, 0.2) is 0 Å². The number of anilines is 1. The number of carboxylic acids is 1. The van der Waals surface area contributed by atoms with E-state index in [0.29, 0.717) is 0 Å². The molecule has 3 N–H and O–H groups in total. The van der Waals surface area contributed by atoms with Gasteiger partial charge >= 0.3 is 5.97 Å². The van der Waals surface area contributed by atoms with Crippen LogP contribution in [-0.2, 0) is 0 Å². The lowest BCUT2D eigenvalue weighted by atomic mass is 10.2. The molecule has 1 rings (SSSR count). The largest absolute Gasteiger partial charge is 0.478 e. The predicted molar refractivity (Wildman–Crippen MR) is 42.8 cm³/mol. The van der Waals surface area contributed by atoms with E-state index in [9.17, 15) is 9.18 Å². The van der Waals surface area contributed by atoms with E-state index < -0.39 is 23.0 Å². The highest BCUT2D eigenvalue weighted by molar-refractivity contribution is 6.34. The van der Waals surface area contributed by atoms with Gasteiger partial charge in [0.05, 0.1) is 10.7 Å². The summed E-state index contributed by atoms with van der Waals surface area (Å²) in [5.41, 5.74) is 4.32. The molecule has 0 fully saturated rings. The first-order valence-electron chi connectivity index (χ1n) is 3.01. The predicted octanol–water partition coefficient (Wildman–Crippen LogP) is 1.76. The van der Waals surface area contributed by atoms with Crippen LogP contribution in [0.4, 0.5) is 10.1 Å². The Hall–Kier alpha value is -1.29. The second-order valence-corrected chi connectivity index (χ2v) is 2.53. The first-order chi connectivity index (χ1) is 5.54. The van der Waals surface area contributed by atoms with Crippen LogP contribution in [0.1, 0.15) is 10.4 Å². The van der Waals surface area contributed by atoms with Crippen molar-refractivity contribution in [2.75, 3.05) is 5.73 Å². The van der Waals surface area contributed by atoms with Crippen LogP contribution in [0.5, 0.6) is 0 Å². The molecule has 0 amide bonds. The normalized spacial score (nSPS) is 9.83. The second kappa shape index (κ2) is 2.98. The Kier molecular flexibility index (Phi) is 2.19. The molecule has 0 saturated heterocycles. The molecule has 64 valence electrons. The van der Waals surface area contributed by atoms with Gasteiger partial charge in [0.2, 0.25) is 0 Å². The molecule has 0 aliphatic rings. The summed E-state index contributed by atoms with van der Waals surface area (Å²) in [5.74, 6) is -2.12. The Bertz CT molecular complexity index is 340. The average Bonchev–Trinajstić information content (AvgIpc) is 1.97. The van der Waals surface area contributed by atoms with Gasteiger partial charge in [0.25, 0.3) is 0 Å². The molecular weight excluding hydrogens is 185 g/mol. The van der Waals surface area contributed by atoms with E-state index in [-0.39, 0.29) is 5.02 Å². The van der Waals surface area contributed by atoms with Crippen LogP contribution in [0, 0.1) is 5.82 Å². The molecule has 3 nitrogen and oxygen atoms in total. The Morgan fingerprint density at radius 1 is 1.58 bits per heavy atom. The van der Waals surface area contributed by atoms with Gasteiger partial charge < -0.3 is 10.8 Å². The molecule has 0 saturated carbocycles. The summed E-state index contributed by atoms with van der Waals surface area (Å²) >= 11 is 5.47. The second-order valence-electron chi connectivity index (χ2n) is 2.12. The van der Waals surface area contributed by atoms with E-state index in [4.69, 9.17) is 22.4 Å². The number of benzene rings is 1. The fourth-order valence-electron chi connectivity index (χ4n) is 0.785. The maximum atomic E-state index is 12.7. The first kappa shape index (κ1) is 8.80. The Labute approximate surface area is 72.6 Å². The van der Waals surface area contributed by atoms with Gasteiger partial charge in [-0.2, -0.15) is 0 Å². The van der Waals surface area contributed by atoms with Crippen LogP contribution in [0.2, 0.25) is 5.02 Å². The number of carbonyl (C=O) groups is 1. The summed E-state index contributed by atoms with van der Waals surface area (Å²) in [6.45, 7) is 0. The van der Waals surface area contributed by atoms with Crippen molar-refractivity contribution in [3.63, 3.8) is 0 Å². The zero-order valence-corrected chi connectivity index (χ0v) is 6.60. The van der Waals surface area contributed by atoms with Crippen LogP contribution >= 0.6 is 11.6 Å².